The number of carbonyl (C=O) groups excluding carboxylic acids is 1. The molecule has 10 nitrogen and oxygen atoms in total. The smallest absolute Gasteiger partial charge is 0.433 e. The molecule has 2 aromatic heterocycles. The molecule has 1 atom stereocenters. The monoisotopic (exact) mass is 465 g/mol. The first-order valence-corrected chi connectivity index (χ1v) is 9.87. The first kappa shape index (κ1) is 23.8. The van der Waals surface area contributed by atoms with Crippen LogP contribution in [0.1, 0.15) is 41.5 Å². The number of piperidine rings is 1. The largest absolute Gasteiger partial charge is 0.465 e. The number of alkyl halides is 3. The molecule has 2 amide bonds. The van der Waals surface area contributed by atoms with Crippen LogP contribution in [0.4, 0.5) is 35.4 Å². The minimum atomic E-state index is -4.70. The number of pyridine rings is 1. The molecule has 33 heavy (non-hydrogen) atoms. The van der Waals surface area contributed by atoms with Crippen LogP contribution >= 0.6 is 0 Å². The molecule has 176 valence electrons. The van der Waals surface area contributed by atoms with Crippen molar-refractivity contribution in [2.24, 2.45) is 5.73 Å². The molecule has 2 aromatic rings. The van der Waals surface area contributed by atoms with E-state index in [1.165, 1.54) is 19.2 Å². The summed E-state index contributed by atoms with van der Waals surface area (Å²) < 4.78 is 40.0. The molecule has 1 fully saturated rings. The molecule has 13 heteroatoms. The van der Waals surface area contributed by atoms with Gasteiger partial charge in [0.2, 0.25) is 5.95 Å². The lowest BCUT2D eigenvalue weighted by atomic mass is 10.1. The zero-order valence-corrected chi connectivity index (χ0v) is 17.6. The average Bonchev–Trinajstić information content (AvgIpc) is 2.72. The lowest BCUT2D eigenvalue weighted by molar-refractivity contribution is -0.141. The van der Waals surface area contributed by atoms with Crippen molar-refractivity contribution in [2.75, 3.05) is 23.3 Å². The van der Waals surface area contributed by atoms with Gasteiger partial charge in [0.15, 0.2) is 0 Å². The highest BCUT2D eigenvalue weighted by molar-refractivity contribution is 5.98. The predicted octanol–water partition coefficient (Wildman–Crippen LogP) is 3.00. The number of carboxylic acid groups (broad SMARTS) is 1. The molecule has 0 aliphatic carbocycles. The van der Waals surface area contributed by atoms with E-state index >= 15 is 0 Å². The number of aromatic nitrogens is 3. The maximum atomic E-state index is 13.3. The number of hydrogen-bond acceptors (Lipinski definition) is 7. The number of nitrogens with two attached hydrogens (primary N) is 1. The molecule has 0 radical (unpaired) electrons. The van der Waals surface area contributed by atoms with Gasteiger partial charge in [-0.15, -0.1) is 0 Å². The van der Waals surface area contributed by atoms with Crippen molar-refractivity contribution >= 4 is 35.0 Å². The van der Waals surface area contributed by atoms with Crippen LogP contribution in [0.25, 0.3) is 5.57 Å². The van der Waals surface area contributed by atoms with Crippen LogP contribution in [0.3, 0.4) is 0 Å². The lowest BCUT2D eigenvalue weighted by Crippen LogP contribution is -2.48. The van der Waals surface area contributed by atoms with Gasteiger partial charge in [-0.3, -0.25) is 4.79 Å². The van der Waals surface area contributed by atoms with Crippen LogP contribution in [-0.2, 0) is 6.18 Å². The van der Waals surface area contributed by atoms with E-state index in [-0.39, 0.29) is 41.3 Å². The fraction of sp³-hybridized carbons (Fsp3) is 0.350. The molecule has 0 spiro atoms. The summed E-state index contributed by atoms with van der Waals surface area (Å²) in [6, 6.07) is 1.78. The fourth-order valence-electron chi connectivity index (χ4n) is 3.36. The molecule has 3 rings (SSSR count). The summed E-state index contributed by atoms with van der Waals surface area (Å²) in [5, 5.41) is 14.1. The Labute approximate surface area is 186 Å². The normalized spacial score (nSPS) is 16.2. The van der Waals surface area contributed by atoms with E-state index in [1.807, 2.05) is 0 Å². The Kier molecular flexibility index (Phi) is 6.70. The van der Waals surface area contributed by atoms with E-state index in [0.717, 1.165) is 6.07 Å². The molecule has 3 heterocycles. The van der Waals surface area contributed by atoms with Gasteiger partial charge in [0, 0.05) is 31.0 Å². The number of nitrogens with zero attached hydrogens (tertiary/aromatic N) is 4. The van der Waals surface area contributed by atoms with Crippen molar-refractivity contribution in [3.8, 4) is 0 Å². The molecule has 1 aliphatic rings. The van der Waals surface area contributed by atoms with Gasteiger partial charge in [0.05, 0.1) is 5.69 Å². The van der Waals surface area contributed by atoms with Crippen molar-refractivity contribution in [1.29, 1.82) is 0 Å². The van der Waals surface area contributed by atoms with Crippen molar-refractivity contribution in [1.82, 2.24) is 20.3 Å². The molecule has 0 bridgehead atoms. The number of amides is 2. The summed E-state index contributed by atoms with van der Waals surface area (Å²) in [4.78, 5) is 36.5. The third kappa shape index (κ3) is 5.87. The number of nitrogens with one attached hydrogen (secondary N) is 2. The zero-order chi connectivity index (χ0) is 24.3. The highest BCUT2D eigenvalue weighted by Crippen LogP contribution is 2.32. The Morgan fingerprint density at radius 1 is 1.30 bits per heavy atom. The summed E-state index contributed by atoms with van der Waals surface area (Å²) in [5.41, 5.74) is 4.44. The van der Waals surface area contributed by atoms with Crippen LogP contribution in [0.2, 0.25) is 0 Å². The Balaban J connectivity index is 1.97. The van der Waals surface area contributed by atoms with E-state index in [2.05, 4.69) is 32.2 Å². The summed E-state index contributed by atoms with van der Waals surface area (Å²) in [6.07, 6.45) is -3.39. The van der Waals surface area contributed by atoms with Crippen LogP contribution in [0, 0.1) is 0 Å². The molecule has 5 N–H and O–H groups in total. The molecule has 1 unspecified atom stereocenters. The molecule has 0 aromatic carbocycles. The van der Waals surface area contributed by atoms with E-state index in [9.17, 15) is 22.8 Å². The van der Waals surface area contributed by atoms with Crippen molar-refractivity contribution < 1.29 is 27.9 Å². The minimum absolute atomic E-state index is 0.0147. The minimum Gasteiger partial charge on any atom is -0.465 e. The topological polar surface area (TPSA) is 146 Å². The van der Waals surface area contributed by atoms with Crippen molar-refractivity contribution in [2.45, 2.75) is 32.0 Å². The molecule has 1 aliphatic heterocycles. The summed E-state index contributed by atoms with van der Waals surface area (Å²) >= 11 is 0. The van der Waals surface area contributed by atoms with Gasteiger partial charge in [-0.05, 0) is 37.5 Å². The van der Waals surface area contributed by atoms with Crippen LogP contribution < -0.4 is 21.3 Å². The highest BCUT2D eigenvalue weighted by Gasteiger charge is 2.33. The first-order valence-electron chi connectivity index (χ1n) is 9.87. The Morgan fingerprint density at radius 3 is 2.64 bits per heavy atom. The van der Waals surface area contributed by atoms with Gasteiger partial charge in [-0.2, -0.15) is 18.2 Å². The quantitative estimate of drug-likeness (QED) is 0.509. The maximum Gasteiger partial charge on any atom is 0.433 e. The molecular formula is C20H22F3N7O3. The second-order valence-electron chi connectivity index (χ2n) is 7.56. The number of halogens is 3. The third-order valence-electron chi connectivity index (χ3n) is 4.89. The van der Waals surface area contributed by atoms with Gasteiger partial charge in [0.1, 0.15) is 17.1 Å². The van der Waals surface area contributed by atoms with Gasteiger partial charge >= 0.3 is 12.3 Å². The van der Waals surface area contributed by atoms with E-state index in [1.54, 1.807) is 4.90 Å². The average molecular weight is 465 g/mol. The van der Waals surface area contributed by atoms with E-state index in [4.69, 9.17) is 10.8 Å². The van der Waals surface area contributed by atoms with E-state index in [0.29, 0.717) is 25.0 Å². The number of primary amides is 1. The Bertz CT molecular complexity index is 1090. The summed E-state index contributed by atoms with van der Waals surface area (Å²) in [6.45, 7) is 5.96. The third-order valence-corrected chi connectivity index (χ3v) is 4.89. The van der Waals surface area contributed by atoms with E-state index < -0.39 is 23.9 Å². The molecule has 0 saturated carbocycles. The van der Waals surface area contributed by atoms with Crippen LogP contribution in [0.5, 0.6) is 0 Å². The van der Waals surface area contributed by atoms with Gasteiger partial charge in [-0.1, -0.05) is 6.58 Å². The van der Waals surface area contributed by atoms with Crippen LogP contribution in [-0.4, -0.2) is 51.2 Å². The SMILES string of the molecule is C=C(C)c1cc(Nc2nc(N3CCCC(NC(=O)O)C3)ncc2C(N)=O)cc(C(F)(F)F)n1. The zero-order valence-electron chi connectivity index (χ0n) is 17.6. The number of anilines is 3. The number of carbonyl (C=O) groups is 2. The maximum absolute atomic E-state index is 13.3. The predicted molar refractivity (Wildman–Crippen MR) is 114 cm³/mol. The van der Waals surface area contributed by atoms with Gasteiger partial charge < -0.3 is 26.4 Å². The van der Waals surface area contributed by atoms with Crippen molar-refractivity contribution in [3.05, 3.63) is 41.9 Å². The number of rotatable bonds is 6. The molecular weight excluding hydrogens is 443 g/mol. The highest BCUT2D eigenvalue weighted by atomic mass is 19.4. The Morgan fingerprint density at radius 2 is 2.03 bits per heavy atom. The summed E-state index contributed by atoms with van der Waals surface area (Å²) in [7, 11) is 0. The van der Waals surface area contributed by atoms with Crippen LogP contribution in [0.15, 0.2) is 24.9 Å². The van der Waals surface area contributed by atoms with Crippen molar-refractivity contribution in [3.63, 3.8) is 0 Å². The number of hydrogen-bond donors (Lipinski definition) is 4. The van der Waals surface area contributed by atoms with Gasteiger partial charge in [0.25, 0.3) is 5.91 Å². The fourth-order valence-corrected chi connectivity index (χ4v) is 3.36. The number of allylic oxidation sites excluding steroid dienone is 1. The molecule has 1 saturated heterocycles. The standard InChI is InChI=1S/C20H22F3N7O3/c1-10(2)14-6-12(7-15(28-14)20(21,22)23)26-17-13(16(24)31)8-25-18(29-17)30-5-3-4-11(9-30)27-19(32)33/h6-8,11,27H,1,3-5,9H2,2H3,(H2,24,31)(H,32,33)(H,25,26,28,29). The van der Waals surface area contributed by atoms with Gasteiger partial charge in [-0.25, -0.2) is 14.8 Å². The Hall–Kier alpha value is -3.90. The second-order valence-corrected chi connectivity index (χ2v) is 7.56. The lowest BCUT2D eigenvalue weighted by Gasteiger charge is -2.32. The second kappa shape index (κ2) is 9.30. The summed E-state index contributed by atoms with van der Waals surface area (Å²) in [5.74, 6) is -0.796. The first-order chi connectivity index (χ1) is 15.4.